The second-order valence-electron chi connectivity index (χ2n) is 5.25. The second kappa shape index (κ2) is 10.0. The van der Waals surface area contributed by atoms with Crippen LogP contribution in [0.3, 0.4) is 0 Å². The third-order valence-corrected chi connectivity index (χ3v) is 4.03. The molecule has 6 heteroatoms. The predicted octanol–water partition coefficient (Wildman–Crippen LogP) is 2.53. The Morgan fingerprint density at radius 1 is 1.26 bits per heavy atom. The van der Waals surface area contributed by atoms with E-state index in [0.29, 0.717) is 29.7 Å². The van der Waals surface area contributed by atoms with Gasteiger partial charge in [-0.3, -0.25) is 9.59 Å². The molecule has 1 aromatic rings. The van der Waals surface area contributed by atoms with Gasteiger partial charge in [0.2, 0.25) is 5.91 Å². The van der Waals surface area contributed by atoms with Gasteiger partial charge in [0.15, 0.2) is 5.78 Å². The summed E-state index contributed by atoms with van der Waals surface area (Å²) in [5.41, 5.74) is 1.18. The minimum absolute atomic E-state index is 0.00747. The number of rotatable bonds is 10. The van der Waals surface area contributed by atoms with Crippen molar-refractivity contribution in [2.24, 2.45) is 0 Å². The summed E-state index contributed by atoms with van der Waals surface area (Å²) in [6, 6.07) is 6.09. The van der Waals surface area contributed by atoms with Gasteiger partial charge in [-0.1, -0.05) is 31.2 Å². The van der Waals surface area contributed by atoms with Crippen molar-refractivity contribution in [2.45, 2.75) is 38.6 Å². The van der Waals surface area contributed by atoms with E-state index >= 15 is 0 Å². The van der Waals surface area contributed by atoms with Crippen LogP contribution >= 0.6 is 11.8 Å². The maximum atomic E-state index is 12.1. The number of carbonyl (C=O) groups is 3. The first-order valence-electron chi connectivity index (χ1n) is 7.61. The van der Waals surface area contributed by atoms with E-state index < -0.39 is 12.0 Å². The minimum Gasteiger partial charge on any atom is -0.480 e. The molecule has 1 atom stereocenters. The van der Waals surface area contributed by atoms with Crippen LogP contribution in [0.5, 0.6) is 0 Å². The summed E-state index contributed by atoms with van der Waals surface area (Å²) in [7, 11) is 0. The van der Waals surface area contributed by atoms with Gasteiger partial charge >= 0.3 is 5.97 Å². The molecule has 0 fully saturated rings. The van der Waals surface area contributed by atoms with Gasteiger partial charge in [0, 0.05) is 12.0 Å². The lowest BCUT2D eigenvalue weighted by atomic mass is 9.98. The van der Waals surface area contributed by atoms with Crippen LogP contribution in [-0.2, 0) is 16.0 Å². The number of Topliss-reactive ketones (excluding diaryl/α,β-unsaturated/α-hetero) is 1. The molecule has 1 aromatic carbocycles. The predicted molar refractivity (Wildman–Crippen MR) is 92.0 cm³/mol. The molecule has 0 saturated carbocycles. The summed E-state index contributed by atoms with van der Waals surface area (Å²) in [5, 5.41) is 11.7. The maximum absolute atomic E-state index is 12.1. The number of carboxylic acid groups (broad SMARTS) is 1. The molecule has 0 bridgehead atoms. The molecule has 5 nitrogen and oxygen atoms in total. The average Bonchev–Trinajstić information content (AvgIpc) is 2.51. The third kappa shape index (κ3) is 6.44. The highest BCUT2D eigenvalue weighted by molar-refractivity contribution is 7.98. The van der Waals surface area contributed by atoms with Crippen LogP contribution in [-0.4, -0.2) is 40.8 Å². The third-order valence-electron chi connectivity index (χ3n) is 3.39. The minimum atomic E-state index is -1.04. The van der Waals surface area contributed by atoms with Crippen molar-refractivity contribution >= 4 is 29.4 Å². The molecule has 0 aliphatic heterocycles. The zero-order valence-corrected chi connectivity index (χ0v) is 14.3. The number of hydrogen-bond donors (Lipinski definition) is 2. The standard InChI is InChI=1S/C17H23NO4S/c1-3-6-15(19)13-8-5-4-7-12(13)11-16(20)18-14(17(21)22)9-10-23-2/h4-5,7-8,14H,3,6,9-11H2,1-2H3,(H,18,20)(H,21,22). The lowest BCUT2D eigenvalue weighted by molar-refractivity contribution is -0.141. The van der Waals surface area contributed by atoms with Crippen LogP contribution in [0.1, 0.15) is 42.1 Å². The average molecular weight is 337 g/mol. The molecule has 23 heavy (non-hydrogen) atoms. The number of nitrogens with one attached hydrogen (secondary N) is 1. The summed E-state index contributed by atoms with van der Waals surface area (Å²) >= 11 is 1.53. The molecule has 0 radical (unpaired) electrons. The van der Waals surface area contributed by atoms with Crippen LogP contribution in [0.2, 0.25) is 0 Å². The number of ketones is 1. The van der Waals surface area contributed by atoms with Gasteiger partial charge in [-0.05, 0) is 30.4 Å². The Morgan fingerprint density at radius 3 is 2.57 bits per heavy atom. The first-order valence-corrected chi connectivity index (χ1v) is 9.01. The van der Waals surface area contributed by atoms with Crippen LogP contribution in [0.25, 0.3) is 0 Å². The maximum Gasteiger partial charge on any atom is 0.326 e. The van der Waals surface area contributed by atoms with Gasteiger partial charge in [0.1, 0.15) is 6.04 Å². The molecule has 0 aliphatic carbocycles. The highest BCUT2D eigenvalue weighted by Gasteiger charge is 2.20. The molecule has 1 amide bonds. The topological polar surface area (TPSA) is 83.5 Å². The van der Waals surface area contributed by atoms with Gasteiger partial charge in [-0.15, -0.1) is 0 Å². The van der Waals surface area contributed by atoms with E-state index in [2.05, 4.69) is 5.32 Å². The van der Waals surface area contributed by atoms with Gasteiger partial charge in [0.05, 0.1) is 6.42 Å². The van der Waals surface area contributed by atoms with Gasteiger partial charge in [0.25, 0.3) is 0 Å². The van der Waals surface area contributed by atoms with E-state index in [1.165, 1.54) is 11.8 Å². The molecular formula is C17H23NO4S. The monoisotopic (exact) mass is 337 g/mol. The van der Waals surface area contributed by atoms with Crippen LogP contribution < -0.4 is 5.32 Å². The number of aliphatic carboxylic acids is 1. The summed E-state index contributed by atoms with van der Waals surface area (Å²) < 4.78 is 0. The quantitative estimate of drug-likeness (QED) is 0.641. The van der Waals surface area contributed by atoms with Crippen LogP contribution in [0.15, 0.2) is 24.3 Å². The number of hydrogen-bond acceptors (Lipinski definition) is 4. The zero-order valence-electron chi connectivity index (χ0n) is 13.5. The SMILES string of the molecule is CCCC(=O)c1ccccc1CC(=O)NC(CCSC)C(=O)O. The van der Waals surface area contributed by atoms with E-state index in [1.54, 1.807) is 24.3 Å². The fraction of sp³-hybridized carbons (Fsp3) is 0.471. The fourth-order valence-electron chi connectivity index (χ4n) is 2.22. The highest BCUT2D eigenvalue weighted by Crippen LogP contribution is 2.13. The second-order valence-corrected chi connectivity index (χ2v) is 6.23. The lowest BCUT2D eigenvalue weighted by Crippen LogP contribution is -2.42. The summed E-state index contributed by atoms with van der Waals surface area (Å²) in [6.07, 6.45) is 3.45. The molecule has 0 aliphatic rings. The number of thioether (sulfide) groups is 1. The van der Waals surface area contributed by atoms with Crippen molar-refractivity contribution < 1.29 is 19.5 Å². The van der Waals surface area contributed by atoms with Crippen molar-refractivity contribution in [3.05, 3.63) is 35.4 Å². The molecule has 0 spiro atoms. The van der Waals surface area contributed by atoms with E-state index in [1.807, 2.05) is 13.2 Å². The largest absolute Gasteiger partial charge is 0.480 e. The first kappa shape index (κ1) is 19.2. The Balaban J connectivity index is 2.77. The zero-order chi connectivity index (χ0) is 17.2. The fourth-order valence-corrected chi connectivity index (χ4v) is 2.69. The summed E-state index contributed by atoms with van der Waals surface area (Å²) in [4.78, 5) is 35.4. The molecule has 0 saturated heterocycles. The lowest BCUT2D eigenvalue weighted by Gasteiger charge is -2.15. The summed E-state index contributed by atoms with van der Waals surface area (Å²) in [5.74, 6) is -0.755. The highest BCUT2D eigenvalue weighted by atomic mass is 32.2. The van der Waals surface area contributed by atoms with E-state index in [9.17, 15) is 14.4 Å². The number of benzene rings is 1. The number of carboxylic acids is 1. The molecule has 2 N–H and O–H groups in total. The van der Waals surface area contributed by atoms with E-state index in [4.69, 9.17) is 5.11 Å². The van der Waals surface area contributed by atoms with E-state index in [0.717, 1.165) is 6.42 Å². The van der Waals surface area contributed by atoms with Gasteiger partial charge in [-0.25, -0.2) is 4.79 Å². The molecule has 126 valence electrons. The first-order chi connectivity index (χ1) is 11.0. The Labute approximate surface area is 140 Å². The Hall–Kier alpha value is -1.82. The van der Waals surface area contributed by atoms with Crippen molar-refractivity contribution in [1.82, 2.24) is 5.32 Å². The van der Waals surface area contributed by atoms with Crippen molar-refractivity contribution in [3.63, 3.8) is 0 Å². The Bertz CT molecular complexity index is 559. The molecule has 0 aromatic heterocycles. The molecule has 1 rings (SSSR count). The number of carbonyl (C=O) groups excluding carboxylic acids is 2. The Morgan fingerprint density at radius 2 is 1.96 bits per heavy atom. The van der Waals surface area contributed by atoms with Crippen molar-refractivity contribution in [1.29, 1.82) is 0 Å². The number of amides is 1. The van der Waals surface area contributed by atoms with Gasteiger partial charge in [-0.2, -0.15) is 11.8 Å². The normalized spacial score (nSPS) is 11.7. The van der Waals surface area contributed by atoms with Crippen molar-refractivity contribution in [3.8, 4) is 0 Å². The molecule has 1 unspecified atom stereocenters. The van der Waals surface area contributed by atoms with Crippen LogP contribution in [0, 0.1) is 0 Å². The van der Waals surface area contributed by atoms with Crippen molar-refractivity contribution in [2.75, 3.05) is 12.0 Å². The van der Waals surface area contributed by atoms with Crippen LogP contribution in [0.4, 0.5) is 0 Å². The Kier molecular flexibility index (Phi) is 8.40. The smallest absolute Gasteiger partial charge is 0.326 e. The molecular weight excluding hydrogens is 314 g/mol. The van der Waals surface area contributed by atoms with Gasteiger partial charge < -0.3 is 10.4 Å². The van der Waals surface area contributed by atoms with E-state index in [-0.39, 0.29) is 18.1 Å². The summed E-state index contributed by atoms with van der Waals surface area (Å²) in [6.45, 7) is 1.93. The molecule has 0 heterocycles.